The van der Waals surface area contributed by atoms with Crippen LogP contribution in [0.5, 0.6) is 0 Å². The largest absolute Gasteiger partial charge is 0.394 e. The minimum absolute atomic E-state index is 0.00758. The predicted octanol–water partition coefficient (Wildman–Crippen LogP) is -0.0636. The van der Waals surface area contributed by atoms with Crippen LogP contribution in [0.2, 0.25) is 0 Å². The van der Waals surface area contributed by atoms with E-state index >= 15 is 0 Å². The molecule has 2 fully saturated rings. The summed E-state index contributed by atoms with van der Waals surface area (Å²) < 4.78 is 5.18. The van der Waals surface area contributed by atoms with Crippen molar-refractivity contribution in [2.75, 3.05) is 39.5 Å². The monoisotopic (exact) mass is 256 g/mol. The van der Waals surface area contributed by atoms with Gasteiger partial charge in [0.1, 0.15) is 6.61 Å². The summed E-state index contributed by atoms with van der Waals surface area (Å²) in [5, 5.41) is 9.31. The second-order valence-electron chi connectivity index (χ2n) is 5.64. The van der Waals surface area contributed by atoms with Gasteiger partial charge in [0.25, 0.3) is 0 Å². The first kappa shape index (κ1) is 13.8. The number of hydrogen-bond acceptors (Lipinski definition) is 4. The van der Waals surface area contributed by atoms with E-state index in [2.05, 4.69) is 18.7 Å². The summed E-state index contributed by atoms with van der Waals surface area (Å²) in [7, 11) is 0. The van der Waals surface area contributed by atoms with Gasteiger partial charge in [-0.1, -0.05) is 0 Å². The van der Waals surface area contributed by atoms with Crippen LogP contribution in [0.3, 0.4) is 0 Å². The Morgan fingerprint density at radius 1 is 1.50 bits per heavy atom. The Bertz CT molecular complexity index is 296. The predicted molar refractivity (Wildman–Crippen MR) is 68.2 cm³/mol. The lowest BCUT2D eigenvalue weighted by Gasteiger charge is -2.36. The van der Waals surface area contributed by atoms with Crippen molar-refractivity contribution in [3.8, 4) is 0 Å². The quantitative estimate of drug-likeness (QED) is 0.765. The summed E-state index contributed by atoms with van der Waals surface area (Å²) in [5.74, 6) is 0.548. The topological polar surface area (TPSA) is 53.0 Å². The molecule has 5 heteroatoms. The summed E-state index contributed by atoms with van der Waals surface area (Å²) in [6, 6.07) is 0.420. The molecule has 18 heavy (non-hydrogen) atoms. The molecule has 0 bridgehead atoms. The Kier molecular flexibility index (Phi) is 4.59. The third-order valence-corrected chi connectivity index (χ3v) is 4.01. The van der Waals surface area contributed by atoms with E-state index in [1.807, 2.05) is 4.90 Å². The average molecular weight is 256 g/mol. The molecule has 1 N–H and O–H groups in total. The zero-order valence-corrected chi connectivity index (χ0v) is 11.3. The summed E-state index contributed by atoms with van der Waals surface area (Å²) in [5.41, 5.74) is 0. The summed E-state index contributed by atoms with van der Waals surface area (Å²) in [6.07, 6.45) is 1.14. The number of aliphatic hydroxyl groups is 1. The third-order valence-electron chi connectivity index (χ3n) is 4.01. The maximum atomic E-state index is 11.8. The summed E-state index contributed by atoms with van der Waals surface area (Å²) in [4.78, 5) is 16.1. The molecule has 2 saturated heterocycles. The van der Waals surface area contributed by atoms with Gasteiger partial charge in [-0.2, -0.15) is 0 Å². The Hall–Kier alpha value is -0.650. The number of carbonyl (C=O) groups excluding carboxylic acids is 1. The first-order chi connectivity index (χ1) is 8.61. The Morgan fingerprint density at radius 3 is 2.89 bits per heavy atom. The van der Waals surface area contributed by atoms with Gasteiger partial charge < -0.3 is 19.6 Å². The number of likely N-dealkylation sites (tertiary alicyclic amines) is 1. The maximum Gasteiger partial charge on any atom is 0.248 e. The molecule has 0 saturated carbocycles. The van der Waals surface area contributed by atoms with Crippen LogP contribution < -0.4 is 0 Å². The van der Waals surface area contributed by atoms with E-state index in [0.29, 0.717) is 18.6 Å². The van der Waals surface area contributed by atoms with Gasteiger partial charge >= 0.3 is 0 Å². The number of aliphatic hydroxyl groups excluding tert-OH is 1. The molecule has 2 atom stereocenters. The number of morpholine rings is 1. The molecule has 0 aromatic heterocycles. The smallest absolute Gasteiger partial charge is 0.248 e. The lowest BCUT2D eigenvalue weighted by molar-refractivity contribution is -0.150. The van der Waals surface area contributed by atoms with Crippen LogP contribution in [0, 0.1) is 5.92 Å². The molecule has 2 rings (SSSR count). The van der Waals surface area contributed by atoms with Crippen LogP contribution >= 0.6 is 0 Å². The minimum atomic E-state index is -0.153. The minimum Gasteiger partial charge on any atom is -0.394 e. The highest BCUT2D eigenvalue weighted by Crippen LogP contribution is 2.21. The van der Waals surface area contributed by atoms with E-state index in [-0.39, 0.29) is 25.2 Å². The lowest BCUT2D eigenvalue weighted by atomic mass is 10.1. The fraction of sp³-hybridized carbons (Fsp3) is 0.923. The van der Waals surface area contributed by atoms with Crippen LogP contribution in [0.15, 0.2) is 0 Å². The van der Waals surface area contributed by atoms with Crippen molar-refractivity contribution in [2.45, 2.75) is 32.4 Å². The highest BCUT2D eigenvalue weighted by atomic mass is 16.5. The second kappa shape index (κ2) is 5.99. The van der Waals surface area contributed by atoms with Gasteiger partial charge in [-0.05, 0) is 32.7 Å². The average Bonchev–Trinajstić information content (AvgIpc) is 2.80. The standard InChI is InChI=1S/C13H24N2O3/c1-10(2)14-4-3-11(5-14)6-15-12(7-16)8-18-9-13(15)17/h10-12,16H,3-9H2,1-2H3. The first-order valence-electron chi connectivity index (χ1n) is 6.84. The van der Waals surface area contributed by atoms with E-state index in [1.54, 1.807) is 0 Å². The van der Waals surface area contributed by atoms with Crippen molar-refractivity contribution >= 4 is 5.91 Å². The molecule has 2 heterocycles. The summed E-state index contributed by atoms with van der Waals surface area (Å²) >= 11 is 0. The zero-order valence-electron chi connectivity index (χ0n) is 11.3. The van der Waals surface area contributed by atoms with Gasteiger partial charge in [0, 0.05) is 19.1 Å². The van der Waals surface area contributed by atoms with Crippen molar-refractivity contribution in [1.82, 2.24) is 9.80 Å². The molecule has 0 radical (unpaired) electrons. The number of carbonyl (C=O) groups is 1. The lowest BCUT2D eigenvalue weighted by Crippen LogP contribution is -2.53. The van der Waals surface area contributed by atoms with Crippen LogP contribution in [0.1, 0.15) is 20.3 Å². The fourth-order valence-corrected chi connectivity index (χ4v) is 2.82. The van der Waals surface area contributed by atoms with E-state index in [9.17, 15) is 9.90 Å². The van der Waals surface area contributed by atoms with Gasteiger partial charge in [-0.25, -0.2) is 0 Å². The SMILES string of the molecule is CC(C)N1CCC(CN2C(=O)COCC2CO)C1. The van der Waals surface area contributed by atoms with Gasteiger partial charge in [0.15, 0.2) is 0 Å². The molecule has 104 valence electrons. The Balaban J connectivity index is 1.89. The highest BCUT2D eigenvalue weighted by Gasteiger charge is 2.33. The van der Waals surface area contributed by atoms with Gasteiger partial charge in [-0.15, -0.1) is 0 Å². The fourth-order valence-electron chi connectivity index (χ4n) is 2.82. The van der Waals surface area contributed by atoms with E-state index in [4.69, 9.17) is 4.74 Å². The van der Waals surface area contributed by atoms with Crippen molar-refractivity contribution in [2.24, 2.45) is 5.92 Å². The van der Waals surface area contributed by atoms with Crippen LogP contribution in [0.4, 0.5) is 0 Å². The number of ether oxygens (including phenoxy) is 1. The van der Waals surface area contributed by atoms with Gasteiger partial charge in [0.05, 0.1) is 19.3 Å². The molecular weight excluding hydrogens is 232 g/mol. The van der Waals surface area contributed by atoms with Crippen molar-refractivity contribution in [3.63, 3.8) is 0 Å². The molecule has 0 spiro atoms. The van der Waals surface area contributed by atoms with E-state index in [1.165, 1.54) is 0 Å². The zero-order chi connectivity index (χ0) is 13.1. The van der Waals surface area contributed by atoms with Crippen LogP contribution in [0.25, 0.3) is 0 Å². The van der Waals surface area contributed by atoms with Crippen molar-refractivity contribution in [1.29, 1.82) is 0 Å². The number of rotatable bonds is 4. The van der Waals surface area contributed by atoms with Crippen molar-refractivity contribution < 1.29 is 14.6 Å². The molecule has 2 aliphatic heterocycles. The van der Waals surface area contributed by atoms with Gasteiger partial charge in [-0.3, -0.25) is 4.79 Å². The molecule has 0 aromatic rings. The maximum absolute atomic E-state index is 11.8. The molecule has 0 aromatic carbocycles. The molecule has 5 nitrogen and oxygen atoms in total. The van der Waals surface area contributed by atoms with E-state index in [0.717, 1.165) is 26.1 Å². The van der Waals surface area contributed by atoms with Crippen molar-refractivity contribution in [3.05, 3.63) is 0 Å². The third kappa shape index (κ3) is 3.02. The molecule has 2 unspecified atom stereocenters. The molecule has 2 aliphatic rings. The highest BCUT2D eigenvalue weighted by molar-refractivity contribution is 5.78. The molecule has 1 amide bonds. The van der Waals surface area contributed by atoms with Gasteiger partial charge in [0.2, 0.25) is 5.91 Å². The normalized spacial score (nSPS) is 30.4. The molecule has 0 aliphatic carbocycles. The van der Waals surface area contributed by atoms with E-state index < -0.39 is 0 Å². The number of nitrogens with zero attached hydrogens (tertiary/aromatic N) is 2. The first-order valence-corrected chi connectivity index (χ1v) is 6.84. The second-order valence-corrected chi connectivity index (χ2v) is 5.64. The van der Waals surface area contributed by atoms with Crippen LogP contribution in [-0.2, 0) is 9.53 Å². The Labute approximate surface area is 109 Å². The van der Waals surface area contributed by atoms with Crippen LogP contribution in [-0.4, -0.2) is 72.4 Å². The summed E-state index contributed by atoms with van der Waals surface area (Å²) in [6.45, 7) is 7.96. The molecular formula is C13H24N2O3. The Morgan fingerprint density at radius 2 is 2.28 bits per heavy atom. The number of amides is 1. The number of hydrogen-bond donors (Lipinski definition) is 1.